The molecule has 1 aromatic carbocycles. The third-order valence-electron chi connectivity index (χ3n) is 2.35. The zero-order chi connectivity index (χ0) is 14.5. The van der Waals surface area contributed by atoms with E-state index in [1.165, 1.54) is 38.5 Å². The Kier molecular flexibility index (Phi) is 5.68. The van der Waals surface area contributed by atoms with E-state index in [-0.39, 0.29) is 23.1 Å². The van der Waals surface area contributed by atoms with Gasteiger partial charge in [0.05, 0.1) is 19.6 Å². The summed E-state index contributed by atoms with van der Waals surface area (Å²) in [5, 5.41) is 0. The molecule has 1 unspecified atom stereocenters. The van der Waals surface area contributed by atoms with E-state index in [2.05, 4.69) is 4.74 Å². The Morgan fingerprint density at radius 1 is 1.26 bits per heavy atom. The molecule has 0 saturated heterocycles. The third kappa shape index (κ3) is 5.52. The lowest BCUT2D eigenvalue weighted by Crippen LogP contribution is -2.10. The van der Waals surface area contributed by atoms with Crippen LogP contribution < -0.4 is 0 Å². The highest BCUT2D eigenvalue weighted by atomic mass is 32.2. The van der Waals surface area contributed by atoms with Gasteiger partial charge in [-0.05, 0) is 29.5 Å². The molecule has 3 nitrogen and oxygen atoms in total. The third-order valence-corrected chi connectivity index (χ3v) is 3.09. The molecular formula is C12H13F3O3S. The highest BCUT2D eigenvalue weighted by Crippen LogP contribution is 2.37. The fourth-order valence-electron chi connectivity index (χ4n) is 1.46. The van der Waals surface area contributed by atoms with Crippen LogP contribution >= 0.6 is 11.8 Å². The largest absolute Gasteiger partial charge is 0.469 e. The molecule has 7 heteroatoms. The van der Waals surface area contributed by atoms with Gasteiger partial charge in [0, 0.05) is 12.0 Å². The highest BCUT2D eigenvalue weighted by molar-refractivity contribution is 8.00. The molecule has 0 saturated carbocycles. The van der Waals surface area contributed by atoms with Gasteiger partial charge in [0.15, 0.2) is 0 Å². The van der Waals surface area contributed by atoms with Crippen LogP contribution in [-0.2, 0) is 14.3 Å². The summed E-state index contributed by atoms with van der Waals surface area (Å²) in [5.41, 5.74) is -3.69. The molecule has 0 radical (unpaired) electrons. The van der Waals surface area contributed by atoms with Gasteiger partial charge in [0.2, 0.25) is 0 Å². The molecule has 106 valence electrons. The maximum Gasteiger partial charge on any atom is 0.446 e. The first-order valence-electron chi connectivity index (χ1n) is 5.31. The number of hydrogen-bond acceptors (Lipinski definition) is 4. The van der Waals surface area contributed by atoms with Crippen molar-refractivity contribution in [3.8, 4) is 0 Å². The van der Waals surface area contributed by atoms with E-state index in [0.717, 1.165) is 0 Å². The van der Waals surface area contributed by atoms with E-state index in [0.29, 0.717) is 5.56 Å². The number of methoxy groups -OCH3 is 2. The normalized spacial score (nSPS) is 13.1. The van der Waals surface area contributed by atoms with Crippen molar-refractivity contribution in [3.05, 3.63) is 29.8 Å². The lowest BCUT2D eigenvalue weighted by molar-refractivity contribution is -0.143. The number of rotatable bonds is 5. The Balaban J connectivity index is 2.76. The summed E-state index contributed by atoms with van der Waals surface area (Å²) in [6.45, 7) is 0. The molecule has 0 fully saturated rings. The highest BCUT2D eigenvalue weighted by Gasteiger charge is 2.29. The Bertz CT molecular complexity index is 417. The minimum atomic E-state index is -4.31. The van der Waals surface area contributed by atoms with Crippen molar-refractivity contribution in [2.75, 3.05) is 14.2 Å². The van der Waals surface area contributed by atoms with E-state index < -0.39 is 17.6 Å². The van der Waals surface area contributed by atoms with E-state index in [9.17, 15) is 18.0 Å². The number of carbonyl (C=O) groups is 1. The molecule has 0 N–H and O–H groups in total. The van der Waals surface area contributed by atoms with Crippen LogP contribution in [0.1, 0.15) is 18.1 Å². The van der Waals surface area contributed by atoms with Crippen LogP contribution in [0.4, 0.5) is 13.2 Å². The van der Waals surface area contributed by atoms with Crippen molar-refractivity contribution < 1.29 is 27.4 Å². The quantitative estimate of drug-likeness (QED) is 0.614. The second-order valence-corrected chi connectivity index (χ2v) is 4.76. The zero-order valence-electron chi connectivity index (χ0n) is 10.4. The van der Waals surface area contributed by atoms with Crippen molar-refractivity contribution >= 4 is 17.7 Å². The fourth-order valence-corrected chi connectivity index (χ4v) is 2.00. The minimum Gasteiger partial charge on any atom is -0.469 e. The summed E-state index contributed by atoms with van der Waals surface area (Å²) in [5.74, 6) is -0.444. The van der Waals surface area contributed by atoms with Crippen molar-refractivity contribution in [2.45, 2.75) is 22.9 Å². The summed E-state index contributed by atoms with van der Waals surface area (Å²) >= 11 is -0.185. The van der Waals surface area contributed by atoms with E-state index in [1.54, 1.807) is 0 Å². The predicted octanol–water partition coefficient (Wildman–Crippen LogP) is 3.55. The van der Waals surface area contributed by atoms with Crippen LogP contribution in [0.25, 0.3) is 0 Å². The van der Waals surface area contributed by atoms with E-state index in [1.807, 2.05) is 0 Å². The number of carbonyl (C=O) groups excluding carboxylic acids is 1. The van der Waals surface area contributed by atoms with Gasteiger partial charge in [-0.1, -0.05) is 12.1 Å². The number of thioether (sulfide) groups is 1. The van der Waals surface area contributed by atoms with Crippen molar-refractivity contribution in [3.63, 3.8) is 0 Å². The summed E-state index contributed by atoms with van der Waals surface area (Å²) in [7, 11) is 2.68. The van der Waals surface area contributed by atoms with Gasteiger partial charge in [0.25, 0.3) is 0 Å². The summed E-state index contributed by atoms with van der Waals surface area (Å²) in [6.07, 6.45) is -0.518. The van der Waals surface area contributed by atoms with Crippen LogP contribution in [0.5, 0.6) is 0 Å². The number of hydrogen-bond donors (Lipinski definition) is 0. The smallest absolute Gasteiger partial charge is 0.446 e. The first kappa shape index (κ1) is 15.8. The molecule has 0 heterocycles. The number of esters is 1. The Morgan fingerprint density at radius 2 is 1.84 bits per heavy atom. The molecule has 0 aromatic heterocycles. The van der Waals surface area contributed by atoms with Gasteiger partial charge < -0.3 is 9.47 Å². The average Bonchev–Trinajstić information content (AvgIpc) is 2.35. The molecule has 0 aliphatic rings. The van der Waals surface area contributed by atoms with Crippen LogP contribution in [0, 0.1) is 0 Å². The van der Waals surface area contributed by atoms with Gasteiger partial charge in [-0.25, -0.2) is 0 Å². The Morgan fingerprint density at radius 3 is 2.26 bits per heavy atom. The maximum absolute atomic E-state index is 12.2. The van der Waals surface area contributed by atoms with Crippen LogP contribution in [0.15, 0.2) is 29.2 Å². The molecule has 0 amide bonds. The molecule has 0 spiro atoms. The van der Waals surface area contributed by atoms with E-state index in [4.69, 9.17) is 4.74 Å². The number of ether oxygens (including phenoxy) is 2. The molecule has 0 aliphatic carbocycles. The molecule has 1 atom stereocenters. The first-order valence-corrected chi connectivity index (χ1v) is 6.12. The molecule has 0 bridgehead atoms. The van der Waals surface area contributed by atoms with Gasteiger partial charge >= 0.3 is 11.5 Å². The predicted molar refractivity (Wildman–Crippen MR) is 64.7 cm³/mol. The minimum absolute atomic E-state index is 0.0127. The summed E-state index contributed by atoms with van der Waals surface area (Å²) in [6, 6.07) is 5.70. The molecule has 1 rings (SSSR count). The zero-order valence-corrected chi connectivity index (χ0v) is 11.2. The number of benzene rings is 1. The topological polar surface area (TPSA) is 35.5 Å². The summed E-state index contributed by atoms with van der Waals surface area (Å²) in [4.78, 5) is 11.2. The van der Waals surface area contributed by atoms with Crippen LogP contribution in [-0.4, -0.2) is 25.7 Å². The average molecular weight is 294 g/mol. The van der Waals surface area contributed by atoms with Gasteiger partial charge in [0.1, 0.15) is 0 Å². The number of alkyl halides is 3. The van der Waals surface area contributed by atoms with Crippen molar-refractivity contribution in [1.82, 2.24) is 0 Å². The maximum atomic E-state index is 12.2. The number of halogens is 3. The molecule has 0 aliphatic heterocycles. The standard InChI is InChI=1S/C12H13F3O3S/c1-17-10(7-11(16)18-2)8-3-5-9(6-4-8)19-12(13,14)15/h3-6,10H,7H2,1-2H3. The van der Waals surface area contributed by atoms with Crippen LogP contribution in [0.3, 0.4) is 0 Å². The Hall–Kier alpha value is -1.21. The second kappa shape index (κ2) is 6.81. The molecular weight excluding hydrogens is 281 g/mol. The lowest BCUT2D eigenvalue weighted by Gasteiger charge is -2.15. The van der Waals surface area contributed by atoms with Crippen LogP contribution in [0.2, 0.25) is 0 Å². The lowest BCUT2D eigenvalue weighted by atomic mass is 10.1. The fraction of sp³-hybridized carbons (Fsp3) is 0.417. The van der Waals surface area contributed by atoms with Gasteiger partial charge in [-0.15, -0.1) is 0 Å². The monoisotopic (exact) mass is 294 g/mol. The van der Waals surface area contributed by atoms with Gasteiger partial charge in [-0.2, -0.15) is 13.2 Å². The Labute approximate surface area is 113 Å². The molecule has 19 heavy (non-hydrogen) atoms. The second-order valence-electron chi connectivity index (χ2n) is 3.62. The van der Waals surface area contributed by atoms with Crippen molar-refractivity contribution in [1.29, 1.82) is 0 Å². The first-order chi connectivity index (χ1) is 8.85. The SMILES string of the molecule is COC(=O)CC(OC)c1ccc(SC(F)(F)F)cc1. The van der Waals surface area contributed by atoms with Gasteiger partial charge in [-0.3, -0.25) is 4.79 Å². The van der Waals surface area contributed by atoms with Crippen molar-refractivity contribution in [2.24, 2.45) is 0 Å². The molecule has 1 aromatic rings. The van der Waals surface area contributed by atoms with E-state index >= 15 is 0 Å². The summed E-state index contributed by atoms with van der Waals surface area (Å²) < 4.78 is 46.1.